The third kappa shape index (κ3) is 9.32. The van der Waals surface area contributed by atoms with E-state index in [1.165, 1.54) is 13.2 Å². The van der Waals surface area contributed by atoms with Gasteiger partial charge in [-0.05, 0) is 67.2 Å². The number of nitrogens with two attached hydrogens (primary N) is 4. The molecule has 2 unspecified atom stereocenters. The maximum absolute atomic E-state index is 13.6. The fourth-order valence-electron chi connectivity index (χ4n) is 4.47. The molecule has 2 aromatic carbocycles. The van der Waals surface area contributed by atoms with Crippen LogP contribution in [0.2, 0.25) is 0 Å². The highest BCUT2D eigenvalue weighted by molar-refractivity contribution is 5.92. The fourth-order valence-corrected chi connectivity index (χ4v) is 4.47. The number of phenolic OH excluding ortho intramolecular Hbond substituents is 1. The van der Waals surface area contributed by atoms with Gasteiger partial charge in [0.25, 0.3) is 0 Å². The Morgan fingerprint density at radius 1 is 0.952 bits per heavy atom. The number of amides is 2. The lowest BCUT2D eigenvalue weighted by atomic mass is 9.89. The van der Waals surface area contributed by atoms with Crippen LogP contribution in [0.4, 0.5) is 0 Å². The van der Waals surface area contributed by atoms with E-state index in [-0.39, 0.29) is 29.5 Å². The molecule has 2 aromatic rings. The van der Waals surface area contributed by atoms with Gasteiger partial charge in [-0.25, -0.2) is 0 Å². The number of carbonyl (C=O) groups excluding carboxylic acids is 2. The topological polar surface area (TPSA) is 226 Å². The van der Waals surface area contributed by atoms with Gasteiger partial charge >= 0.3 is 0 Å². The molecule has 0 spiro atoms. The number of ether oxygens (including phenoxy) is 2. The quantitative estimate of drug-likeness (QED) is 0.0688. The minimum atomic E-state index is -0.705. The molecule has 1 aliphatic heterocycles. The average Bonchev–Trinajstić information content (AvgIpc) is 3.34. The number of fused-ring (bicyclic) bond motifs is 1. The standard InChI is InChI=1S/C29H40N8O5/c1-41-22-17-18(6-11-23(39)34-12-2-4-14-36-28(30)31)16-21-24(27(40)35-13-3-5-15-37-29(32)33)25(42-26(21)22)19-7-9-20(38)10-8-19/h6-11,16-17,24-25,38H,2-5,12-15H2,1H3,(H,34,39)(H,35,40)(H4,30,31,36)(H4,32,33,37). The summed E-state index contributed by atoms with van der Waals surface area (Å²) in [7, 11) is 1.51. The lowest BCUT2D eigenvalue weighted by Crippen LogP contribution is -2.32. The lowest BCUT2D eigenvalue weighted by Gasteiger charge is -2.19. The molecule has 11 N–H and O–H groups in total. The Labute approximate surface area is 245 Å². The number of nitrogens with zero attached hydrogens (tertiary/aromatic N) is 2. The number of hydrogen-bond acceptors (Lipinski definition) is 7. The zero-order chi connectivity index (χ0) is 30.5. The Balaban J connectivity index is 1.76. The molecule has 2 amide bonds. The number of guanidine groups is 2. The van der Waals surface area contributed by atoms with Crippen LogP contribution in [0.15, 0.2) is 52.5 Å². The van der Waals surface area contributed by atoms with Crippen molar-refractivity contribution in [3.8, 4) is 17.2 Å². The number of hydrogen-bond donors (Lipinski definition) is 7. The number of nitrogens with one attached hydrogen (secondary N) is 2. The molecule has 0 bridgehead atoms. The highest BCUT2D eigenvalue weighted by atomic mass is 16.5. The van der Waals surface area contributed by atoms with Crippen molar-refractivity contribution in [2.24, 2.45) is 32.9 Å². The van der Waals surface area contributed by atoms with Gasteiger partial charge in [0.1, 0.15) is 17.8 Å². The van der Waals surface area contributed by atoms with Crippen molar-refractivity contribution >= 4 is 29.8 Å². The lowest BCUT2D eigenvalue weighted by molar-refractivity contribution is -0.124. The van der Waals surface area contributed by atoms with E-state index in [0.29, 0.717) is 61.6 Å². The smallest absolute Gasteiger partial charge is 0.243 e. The first-order chi connectivity index (χ1) is 20.2. The van der Waals surface area contributed by atoms with E-state index in [2.05, 4.69) is 20.6 Å². The molecule has 0 radical (unpaired) electrons. The monoisotopic (exact) mass is 580 g/mol. The van der Waals surface area contributed by atoms with Crippen molar-refractivity contribution in [3.63, 3.8) is 0 Å². The number of carbonyl (C=O) groups is 2. The molecule has 13 nitrogen and oxygen atoms in total. The summed E-state index contributed by atoms with van der Waals surface area (Å²) >= 11 is 0. The maximum atomic E-state index is 13.6. The van der Waals surface area contributed by atoms with Gasteiger partial charge in [-0.15, -0.1) is 0 Å². The van der Waals surface area contributed by atoms with E-state index in [0.717, 1.165) is 18.4 Å². The minimum absolute atomic E-state index is 0.0336. The molecule has 0 aromatic heterocycles. The Kier molecular flexibility index (Phi) is 11.8. The van der Waals surface area contributed by atoms with Crippen molar-refractivity contribution in [1.29, 1.82) is 0 Å². The van der Waals surface area contributed by atoms with Gasteiger partial charge in [-0.1, -0.05) is 12.1 Å². The van der Waals surface area contributed by atoms with Crippen LogP contribution in [0.3, 0.4) is 0 Å². The van der Waals surface area contributed by atoms with Crippen LogP contribution in [0.5, 0.6) is 17.2 Å². The van der Waals surface area contributed by atoms with Gasteiger partial charge in [0.2, 0.25) is 11.8 Å². The number of aromatic hydroxyl groups is 1. The molecule has 226 valence electrons. The first-order valence-electron chi connectivity index (χ1n) is 13.7. The summed E-state index contributed by atoms with van der Waals surface area (Å²) in [5.74, 6) is -0.122. The van der Waals surface area contributed by atoms with Gasteiger partial charge in [0, 0.05) is 37.8 Å². The SMILES string of the molecule is COc1cc(C=CC(=O)NCCCCN=C(N)N)cc2c1OC(c1ccc(O)cc1)C2C(=O)NCCCCN=C(N)N. The largest absolute Gasteiger partial charge is 0.508 e. The summed E-state index contributed by atoms with van der Waals surface area (Å²) in [5, 5.41) is 15.6. The van der Waals surface area contributed by atoms with Crippen LogP contribution < -0.4 is 43.0 Å². The summed E-state index contributed by atoms with van der Waals surface area (Å²) in [6.07, 6.45) is 5.29. The minimum Gasteiger partial charge on any atom is -0.508 e. The second-order valence-electron chi connectivity index (χ2n) is 9.69. The van der Waals surface area contributed by atoms with Crippen molar-refractivity contribution in [2.75, 3.05) is 33.3 Å². The van der Waals surface area contributed by atoms with Crippen LogP contribution in [-0.2, 0) is 9.59 Å². The highest BCUT2D eigenvalue weighted by Gasteiger charge is 2.42. The van der Waals surface area contributed by atoms with E-state index in [9.17, 15) is 14.7 Å². The van der Waals surface area contributed by atoms with E-state index in [1.54, 1.807) is 36.4 Å². The zero-order valence-electron chi connectivity index (χ0n) is 23.7. The third-order valence-corrected chi connectivity index (χ3v) is 6.50. The summed E-state index contributed by atoms with van der Waals surface area (Å²) < 4.78 is 11.9. The molecule has 13 heteroatoms. The Hall–Kier alpha value is -4.94. The highest BCUT2D eigenvalue weighted by Crippen LogP contribution is 2.51. The predicted octanol–water partition coefficient (Wildman–Crippen LogP) is 0.971. The van der Waals surface area contributed by atoms with Crippen LogP contribution in [-0.4, -0.2) is 62.1 Å². The molecule has 0 aliphatic carbocycles. The number of methoxy groups -OCH3 is 1. The van der Waals surface area contributed by atoms with Gasteiger partial charge < -0.3 is 48.1 Å². The zero-order valence-corrected chi connectivity index (χ0v) is 23.7. The molecule has 3 rings (SSSR count). The number of unbranched alkanes of at least 4 members (excludes halogenated alkanes) is 2. The summed E-state index contributed by atoms with van der Waals surface area (Å²) in [4.78, 5) is 33.8. The van der Waals surface area contributed by atoms with Gasteiger partial charge in [-0.3, -0.25) is 19.6 Å². The number of rotatable bonds is 15. The molecule has 0 saturated heterocycles. The first kappa shape index (κ1) is 31.6. The van der Waals surface area contributed by atoms with Crippen LogP contribution in [0.1, 0.15) is 54.4 Å². The molecule has 1 aliphatic rings. The molecular formula is C29H40N8O5. The summed E-state index contributed by atoms with van der Waals surface area (Å²) in [6, 6.07) is 10.1. The Bertz CT molecular complexity index is 1300. The molecule has 0 fully saturated rings. The fraction of sp³-hybridized carbons (Fsp3) is 0.379. The molecule has 2 atom stereocenters. The second-order valence-corrected chi connectivity index (χ2v) is 9.69. The number of aliphatic imine (C=N–C) groups is 2. The van der Waals surface area contributed by atoms with Crippen LogP contribution in [0.25, 0.3) is 6.08 Å². The second kappa shape index (κ2) is 15.7. The first-order valence-corrected chi connectivity index (χ1v) is 13.7. The number of phenols is 1. The summed E-state index contributed by atoms with van der Waals surface area (Å²) in [5.41, 5.74) is 23.4. The molecule has 0 saturated carbocycles. The molecular weight excluding hydrogens is 540 g/mol. The normalized spacial score (nSPS) is 15.4. The van der Waals surface area contributed by atoms with Gasteiger partial charge in [-0.2, -0.15) is 0 Å². The maximum Gasteiger partial charge on any atom is 0.243 e. The van der Waals surface area contributed by atoms with Crippen molar-refractivity contribution in [1.82, 2.24) is 10.6 Å². The van der Waals surface area contributed by atoms with E-state index >= 15 is 0 Å². The predicted molar refractivity (Wildman–Crippen MR) is 162 cm³/mol. The average molecular weight is 581 g/mol. The third-order valence-electron chi connectivity index (χ3n) is 6.50. The molecule has 1 heterocycles. The Morgan fingerprint density at radius 2 is 1.57 bits per heavy atom. The summed E-state index contributed by atoms with van der Waals surface area (Å²) in [6.45, 7) is 1.88. The number of benzene rings is 2. The van der Waals surface area contributed by atoms with Crippen LogP contribution in [0, 0.1) is 0 Å². The van der Waals surface area contributed by atoms with Gasteiger partial charge in [0.15, 0.2) is 23.4 Å². The van der Waals surface area contributed by atoms with Crippen LogP contribution >= 0.6 is 0 Å². The van der Waals surface area contributed by atoms with Crippen molar-refractivity contribution in [3.05, 3.63) is 59.2 Å². The molecule has 42 heavy (non-hydrogen) atoms. The Morgan fingerprint density at radius 3 is 2.17 bits per heavy atom. The van der Waals surface area contributed by atoms with Crippen molar-refractivity contribution in [2.45, 2.75) is 37.7 Å². The van der Waals surface area contributed by atoms with Gasteiger partial charge in [0.05, 0.1) is 7.11 Å². The van der Waals surface area contributed by atoms with E-state index in [4.69, 9.17) is 32.4 Å². The van der Waals surface area contributed by atoms with E-state index < -0.39 is 12.0 Å². The van der Waals surface area contributed by atoms with E-state index in [1.807, 2.05) is 6.07 Å². The van der Waals surface area contributed by atoms with Crippen molar-refractivity contribution < 1.29 is 24.2 Å².